The molecule has 0 aliphatic carbocycles. The van der Waals surface area contributed by atoms with Crippen LogP contribution >= 0.6 is 0 Å². The number of nitrogens with one attached hydrogen (secondary N) is 1. The van der Waals surface area contributed by atoms with Gasteiger partial charge in [0.15, 0.2) is 5.96 Å². The molecule has 0 unspecified atom stereocenters. The lowest BCUT2D eigenvalue weighted by atomic mass is 10.1. The molecule has 29 heavy (non-hydrogen) atoms. The fourth-order valence-electron chi connectivity index (χ4n) is 3.55. The number of ether oxygens (including phenoxy) is 2. The van der Waals surface area contributed by atoms with Crippen LogP contribution in [-0.4, -0.2) is 66.7 Å². The predicted molar refractivity (Wildman–Crippen MR) is 115 cm³/mol. The van der Waals surface area contributed by atoms with Crippen molar-refractivity contribution in [3.05, 3.63) is 48.3 Å². The van der Waals surface area contributed by atoms with Crippen LogP contribution in [0.2, 0.25) is 0 Å². The first-order valence-corrected chi connectivity index (χ1v) is 10.5. The van der Waals surface area contributed by atoms with E-state index in [-0.39, 0.29) is 0 Å². The summed E-state index contributed by atoms with van der Waals surface area (Å²) in [5.74, 6) is 0.973. The van der Waals surface area contributed by atoms with Gasteiger partial charge in [0.1, 0.15) is 0 Å². The van der Waals surface area contributed by atoms with Gasteiger partial charge in [-0.05, 0) is 43.9 Å². The van der Waals surface area contributed by atoms with Crippen molar-refractivity contribution in [2.45, 2.75) is 38.8 Å². The molecule has 158 valence electrons. The van der Waals surface area contributed by atoms with Crippen LogP contribution in [0.1, 0.15) is 31.7 Å². The fraction of sp³-hybridized carbons (Fsp3) is 0.545. The zero-order valence-electron chi connectivity index (χ0n) is 17.6. The van der Waals surface area contributed by atoms with E-state index in [1.165, 1.54) is 0 Å². The number of piperidine rings is 1. The van der Waals surface area contributed by atoms with E-state index in [0.717, 1.165) is 69.3 Å². The maximum absolute atomic E-state index is 5.98. The van der Waals surface area contributed by atoms with Crippen LogP contribution in [0, 0.1) is 0 Å². The molecular formula is C22H33N5O2. The lowest BCUT2D eigenvalue weighted by Crippen LogP contribution is -2.47. The highest BCUT2D eigenvalue weighted by Crippen LogP contribution is 2.17. The van der Waals surface area contributed by atoms with Gasteiger partial charge >= 0.3 is 0 Å². The minimum Gasteiger partial charge on any atom is -0.385 e. The molecule has 2 heterocycles. The molecule has 1 aromatic heterocycles. The lowest BCUT2D eigenvalue weighted by molar-refractivity contribution is 0.00990. The van der Waals surface area contributed by atoms with Gasteiger partial charge in [0.2, 0.25) is 0 Å². The molecule has 0 atom stereocenters. The van der Waals surface area contributed by atoms with Gasteiger partial charge < -0.3 is 19.7 Å². The summed E-state index contributed by atoms with van der Waals surface area (Å²) in [4.78, 5) is 7.26. The first kappa shape index (κ1) is 21.3. The molecule has 1 N–H and O–H groups in total. The Hall–Kier alpha value is -2.38. The molecule has 0 amide bonds. The summed E-state index contributed by atoms with van der Waals surface area (Å²) in [6.07, 6.45) is 7.11. The molecular weight excluding hydrogens is 366 g/mol. The second-order valence-corrected chi connectivity index (χ2v) is 7.15. The van der Waals surface area contributed by atoms with Gasteiger partial charge in [-0.1, -0.05) is 18.2 Å². The summed E-state index contributed by atoms with van der Waals surface area (Å²) in [6.45, 7) is 7.04. The van der Waals surface area contributed by atoms with Crippen molar-refractivity contribution in [1.82, 2.24) is 20.0 Å². The molecule has 0 spiro atoms. The van der Waals surface area contributed by atoms with Gasteiger partial charge in [-0.2, -0.15) is 5.10 Å². The Labute approximate surface area is 173 Å². The van der Waals surface area contributed by atoms with Crippen molar-refractivity contribution in [3.8, 4) is 5.69 Å². The normalized spacial score (nSPS) is 15.7. The minimum atomic E-state index is 0.339. The van der Waals surface area contributed by atoms with E-state index in [1.807, 2.05) is 23.0 Å². The summed E-state index contributed by atoms with van der Waals surface area (Å²) in [5, 5.41) is 7.81. The van der Waals surface area contributed by atoms with Gasteiger partial charge in [0.05, 0.1) is 18.3 Å². The Balaban J connectivity index is 1.59. The van der Waals surface area contributed by atoms with Crippen LogP contribution in [0.4, 0.5) is 0 Å². The average Bonchev–Trinajstić information content (AvgIpc) is 3.30. The number of methoxy groups -OCH3 is 1. The molecule has 0 bridgehead atoms. The molecule has 1 fully saturated rings. The van der Waals surface area contributed by atoms with Crippen molar-refractivity contribution in [2.75, 3.05) is 40.0 Å². The van der Waals surface area contributed by atoms with E-state index in [2.05, 4.69) is 40.4 Å². The number of hydrogen-bond acceptors (Lipinski definition) is 4. The maximum Gasteiger partial charge on any atom is 0.194 e. The Kier molecular flexibility index (Phi) is 8.52. The first-order valence-electron chi connectivity index (χ1n) is 10.5. The largest absolute Gasteiger partial charge is 0.385 e. The third-order valence-corrected chi connectivity index (χ3v) is 5.06. The topological polar surface area (TPSA) is 63.9 Å². The predicted octanol–water partition coefficient (Wildman–Crippen LogP) is 2.86. The quantitative estimate of drug-likeness (QED) is 0.399. The summed E-state index contributed by atoms with van der Waals surface area (Å²) in [7, 11) is 1.73. The van der Waals surface area contributed by atoms with Gasteiger partial charge in [0.25, 0.3) is 0 Å². The number of rotatable bonds is 9. The van der Waals surface area contributed by atoms with Crippen LogP contribution in [0.15, 0.2) is 47.7 Å². The van der Waals surface area contributed by atoms with Crippen molar-refractivity contribution >= 4 is 5.96 Å². The SMILES string of the molecule is CCNC(=NCc1ccccc1-n1cccn1)N1CCC(OCCCOC)CC1. The van der Waals surface area contributed by atoms with Crippen molar-refractivity contribution < 1.29 is 9.47 Å². The highest BCUT2D eigenvalue weighted by atomic mass is 16.5. The average molecular weight is 400 g/mol. The Morgan fingerprint density at radius 1 is 1.21 bits per heavy atom. The molecule has 1 aliphatic rings. The smallest absolute Gasteiger partial charge is 0.194 e. The first-order chi connectivity index (χ1) is 14.3. The van der Waals surface area contributed by atoms with Crippen LogP contribution in [0.5, 0.6) is 0 Å². The standard InChI is InChI=1S/C22H33N5O2/c1-3-23-22(26-14-10-20(11-15-26)29-17-7-16-28-2)24-18-19-8-4-5-9-21(19)27-13-6-12-25-27/h4-6,8-9,12-13,20H,3,7,10-11,14-18H2,1-2H3,(H,23,24). The summed E-state index contributed by atoms with van der Waals surface area (Å²) in [6, 6.07) is 10.2. The second-order valence-electron chi connectivity index (χ2n) is 7.15. The number of likely N-dealkylation sites (tertiary alicyclic amines) is 1. The monoisotopic (exact) mass is 399 g/mol. The molecule has 1 aliphatic heterocycles. The molecule has 2 aromatic rings. The molecule has 7 heteroatoms. The van der Waals surface area contributed by atoms with E-state index in [0.29, 0.717) is 12.6 Å². The van der Waals surface area contributed by atoms with Gasteiger partial charge in [0, 0.05) is 52.4 Å². The summed E-state index contributed by atoms with van der Waals surface area (Å²) < 4.78 is 13.0. The van der Waals surface area contributed by atoms with Gasteiger partial charge in [-0.3, -0.25) is 0 Å². The number of guanidine groups is 1. The number of hydrogen-bond donors (Lipinski definition) is 1. The van der Waals surface area contributed by atoms with Crippen LogP contribution in [0.3, 0.4) is 0 Å². The minimum absolute atomic E-state index is 0.339. The third-order valence-electron chi connectivity index (χ3n) is 5.06. The van der Waals surface area contributed by atoms with Crippen molar-refractivity contribution in [1.29, 1.82) is 0 Å². The Morgan fingerprint density at radius 2 is 2.03 bits per heavy atom. The Morgan fingerprint density at radius 3 is 2.76 bits per heavy atom. The zero-order valence-corrected chi connectivity index (χ0v) is 17.6. The highest BCUT2D eigenvalue weighted by Gasteiger charge is 2.22. The van der Waals surface area contributed by atoms with Crippen molar-refractivity contribution in [2.24, 2.45) is 4.99 Å². The number of para-hydroxylation sites is 1. The summed E-state index contributed by atoms with van der Waals surface area (Å²) in [5.41, 5.74) is 2.23. The zero-order chi connectivity index (χ0) is 20.3. The van der Waals surface area contributed by atoms with Crippen LogP contribution in [-0.2, 0) is 16.0 Å². The Bertz CT molecular complexity index is 739. The number of nitrogens with zero attached hydrogens (tertiary/aromatic N) is 4. The van der Waals surface area contributed by atoms with Crippen molar-refractivity contribution in [3.63, 3.8) is 0 Å². The number of aliphatic imine (C=N–C) groups is 1. The van der Waals surface area contributed by atoms with E-state index in [4.69, 9.17) is 14.5 Å². The molecule has 7 nitrogen and oxygen atoms in total. The van der Waals surface area contributed by atoms with Crippen LogP contribution in [0.25, 0.3) is 5.69 Å². The summed E-state index contributed by atoms with van der Waals surface area (Å²) >= 11 is 0. The molecule has 1 aromatic carbocycles. The number of aromatic nitrogens is 2. The van der Waals surface area contributed by atoms with E-state index in [9.17, 15) is 0 Å². The maximum atomic E-state index is 5.98. The highest BCUT2D eigenvalue weighted by molar-refractivity contribution is 5.80. The molecule has 0 radical (unpaired) electrons. The number of benzene rings is 1. The van der Waals surface area contributed by atoms with E-state index >= 15 is 0 Å². The molecule has 0 saturated carbocycles. The second kappa shape index (κ2) is 11.6. The third kappa shape index (κ3) is 6.30. The van der Waals surface area contributed by atoms with Gasteiger partial charge in [-0.25, -0.2) is 9.67 Å². The van der Waals surface area contributed by atoms with Gasteiger partial charge in [-0.15, -0.1) is 0 Å². The fourth-order valence-corrected chi connectivity index (χ4v) is 3.55. The van der Waals surface area contributed by atoms with E-state index < -0.39 is 0 Å². The van der Waals surface area contributed by atoms with E-state index in [1.54, 1.807) is 13.3 Å². The van der Waals surface area contributed by atoms with Crippen LogP contribution < -0.4 is 5.32 Å². The molecule has 1 saturated heterocycles. The lowest BCUT2D eigenvalue weighted by Gasteiger charge is -2.34. The molecule has 3 rings (SSSR count).